The Kier molecular flexibility index (Phi) is 11.3. The smallest absolute Gasteiger partial charge is 0.152 e. The highest BCUT2D eigenvalue weighted by molar-refractivity contribution is 9.10. The largest absolute Gasteiger partial charge is 0.475 e. The van der Waals surface area contributed by atoms with Gasteiger partial charge in [0.15, 0.2) is 5.75 Å². The summed E-state index contributed by atoms with van der Waals surface area (Å²) in [5.74, 6) is 0.988. The van der Waals surface area contributed by atoms with Gasteiger partial charge in [-0.15, -0.1) is 0 Å². The van der Waals surface area contributed by atoms with Crippen LogP contribution in [-0.2, 0) is 13.1 Å². The first kappa shape index (κ1) is 31.7. The minimum Gasteiger partial charge on any atom is -0.475 e. The Morgan fingerprint density at radius 3 is 2.42 bits per heavy atom. The van der Waals surface area contributed by atoms with Crippen molar-refractivity contribution in [2.24, 2.45) is 0 Å². The number of rotatable bonds is 7. The van der Waals surface area contributed by atoms with E-state index in [2.05, 4.69) is 110 Å². The molecule has 0 aliphatic carbocycles. The number of likely N-dealkylation sites (tertiary alicyclic amines) is 1. The van der Waals surface area contributed by atoms with Crippen molar-refractivity contribution < 1.29 is 4.74 Å². The van der Waals surface area contributed by atoms with Crippen molar-refractivity contribution in [2.75, 3.05) is 57.4 Å². The first-order chi connectivity index (χ1) is 21.1. The molecule has 230 valence electrons. The number of fused-ring (bicyclic) bond motifs is 3. The summed E-state index contributed by atoms with van der Waals surface area (Å²) < 4.78 is 7.60. The molecule has 6 rings (SSSR count). The maximum Gasteiger partial charge on any atom is 0.152 e. The number of pyridine rings is 1. The van der Waals surface area contributed by atoms with Gasteiger partial charge in [0.05, 0.1) is 0 Å². The van der Waals surface area contributed by atoms with Crippen LogP contribution < -0.4 is 9.64 Å². The Morgan fingerprint density at radius 1 is 0.977 bits per heavy atom. The van der Waals surface area contributed by atoms with E-state index in [9.17, 15) is 0 Å². The lowest BCUT2D eigenvalue weighted by atomic mass is 9.98. The van der Waals surface area contributed by atoms with Crippen LogP contribution in [0.1, 0.15) is 51.7 Å². The van der Waals surface area contributed by atoms with Crippen molar-refractivity contribution >= 4 is 32.5 Å². The normalized spacial score (nSPS) is 19.3. The standard InChI is InChI=1S/C34H42BrN5O.C2H6/c1-3-6-26(4-2)22-37-15-12-31(13-16-37)40-24-28-21-27(32-7-5-14-36-33(32)34(28)41-25-40)23-38-17-19-39(20-18-38)30-10-8-29(35)9-11-30;1-2/h3-11,14,21,31H,12-13,15-20,22-25H2,1-2H3;1-2H3/b6-3-,26-4+;. The first-order valence-electron chi connectivity index (χ1n) is 16.1. The number of nitrogens with zero attached hydrogens (tertiary/aromatic N) is 5. The van der Waals surface area contributed by atoms with Gasteiger partial charge in [0.1, 0.15) is 12.2 Å². The highest BCUT2D eigenvalue weighted by Crippen LogP contribution is 2.37. The first-order valence-corrected chi connectivity index (χ1v) is 16.9. The Hall–Kier alpha value is -2.71. The molecule has 1 aromatic heterocycles. The Labute approximate surface area is 267 Å². The fourth-order valence-electron chi connectivity index (χ4n) is 6.62. The molecule has 0 N–H and O–H groups in total. The van der Waals surface area contributed by atoms with E-state index >= 15 is 0 Å². The third-order valence-electron chi connectivity index (χ3n) is 8.95. The molecule has 4 heterocycles. The second-order valence-corrected chi connectivity index (χ2v) is 12.5. The molecule has 0 amide bonds. The lowest BCUT2D eigenvalue weighted by Crippen LogP contribution is -2.47. The maximum atomic E-state index is 6.47. The van der Waals surface area contributed by atoms with E-state index in [4.69, 9.17) is 9.72 Å². The summed E-state index contributed by atoms with van der Waals surface area (Å²) in [6.45, 7) is 18.3. The van der Waals surface area contributed by atoms with Gasteiger partial charge >= 0.3 is 0 Å². The van der Waals surface area contributed by atoms with Gasteiger partial charge in [-0.1, -0.05) is 54.1 Å². The number of anilines is 1. The van der Waals surface area contributed by atoms with Crippen LogP contribution in [0, 0.1) is 0 Å². The summed E-state index contributed by atoms with van der Waals surface area (Å²) in [7, 11) is 0. The zero-order chi connectivity index (χ0) is 30.2. The number of aromatic nitrogens is 1. The fraction of sp³-hybridized carbons (Fsp3) is 0.472. The molecular formula is C36H48BrN5O. The molecule has 2 fully saturated rings. The van der Waals surface area contributed by atoms with Crippen LogP contribution in [0.2, 0.25) is 0 Å². The number of hydrogen-bond donors (Lipinski definition) is 0. The quantitative estimate of drug-likeness (QED) is 0.248. The molecule has 0 atom stereocenters. The van der Waals surface area contributed by atoms with Gasteiger partial charge < -0.3 is 9.64 Å². The molecule has 3 aliphatic heterocycles. The highest BCUT2D eigenvalue weighted by Gasteiger charge is 2.30. The van der Waals surface area contributed by atoms with Gasteiger partial charge in [-0.3, -0.25) is 19.7 Å². The summed E-state index contributed by atoms with van der Waals surface area (Å²) in [5.41, 5.74) is 6.39. The molecule has 0 radical (unpaired) electrons. The van der Waals surface area contributed by atoms with E-state index in [0.717, 1.165) is 74.6 Å². The van der Waals surface area contributed by atoms with Gasteiger partial charge in [-0.05, 0) is 87.3 Å². The van der Waals surface area contributed by atoms with Crippen LogP contribution in [0.4, 0.5) is 5.69 Å². The number of benzene rings is 2. The summed E-state index contributed by atoms with van der Waals surface area (Å²) in [4.78, 5) is 15.0. The number of hydrogen-bond acceptors (Lipinski definition) is 6. The lowest BCUT2D eigenvalue weighted by Gasteiger charge is -2.41. The maximum absolute atomic E-state index is 6.47. The van der Waals surface area contributed by atoms with Gasteiger partial charge in [0.25, 0.3) is 0 Å². The second-order valence-electron chi connectivity index (χ2n) is 11.6. The Bertz CT molecular complexity index is 1390. The van der Waals surface area contributed by atoms with Gasteiger partial charge in [-0.25, -0.2) is 0 Å². The summed E-state index contributed by atoms with van der Waals surface area (Å²) in [5, 5.41) is 1.23. The van der Waals surface area contributed by atoms with Gasteiger partial charge in [-0.2, -0.15) is 0 Å². The van der Waals surface area contributed by atoms with Gasteiger partial charge in [0.2, 0.25) is 0 Å². The molecule has 0 bridgehead atoms. The van der Waals surface area contributed by atoms with E-state index in [1.165, 1.54) is 40.6 Å². The molecule has 6 nitrogen and oxygen atoms in total. The number of piperidine rings is 1. The second kappa shape index (κ2) is 15.3. The Morgan fingerprint density at radius 2 is 1.72 bits per heavy atom. The molecule has 3 aromatic rings. The molecule has 7 heteroatoms. The average Bonchev–Trinajstić information content (AvgIpc) is 3.06. The molecular weight excluding hydrogens is 598 g/mol. The van der Waals surface area contributed by atoms with Crippen LogP contribution in [0.25, 0.3) is 10.9 Å². The fourth-order valence-corrected chi connectivity index (χ4v) is 6.88. The number of halogens is 1. The van der Waals surface area contributed by atoms with E-state index in [1.54, 1.807) is 0 Å². The minimum atomic E-state index is 0.560. The van der Waals surface area contributed by atoms with Crippen molar-refractivity contribution in [1.29, 1.82) is 0 Å². The zero-order valence-corrected chi connectivity index (χ0v) is 28.0. The molecule has 2 aromatic carbocycles. The predicted molar refractivity (Wildman–Crippen MR) is 184 cm³/mol. The monoisotopic (exact) mass is 645 g/mol. The molecule has 0 spiro atoms. The van der Waals surface area contributed by atoms with Crippen molar-refractivity contribution in [2.45, 2.75) is 59.7 Å². The van der Waals surface area contributed by atoms with E-state index in [-0.39, 0.29) is 0 Å². The highest BCUT2D eigenvalue weighted by atomic mass is 79.9. The van der Waals surface area contributed by atoms with Crippen molar-refractivity contribution in [1.82, 2.24) is 19.7 Å². The van der Waals surface area contributed by atoms with Crippen molar-refractivity contribution in [3.8, 4) is 5.75 Å². The van der Waals surface area contributed by atoms with Crippen molar-refractivity contribution in [3.05, 3.63) is 88.1 Å². The van der Waals surface area contributed by atoms with Gasteiger partial charge in [0, 0.05) is 79.2 Å². The number of ether oxygens (including phenoxy) is 1. The molecule has 3 aliphatic rings. The summed E-state index contributed by atoms with van der Waals surface area (Å²) in [6.07, 6.45) is 10.9. The number of allylic oxidation sites excluding steroid dienone is 2. The van der Waals surface area contributed by atoms with E-state index in [1.807, 2.05) is 20.0 Å². The SMILES string of the molecule is C/C=C\C(=C/C)CN1CCC(N2COc3c(cc(CN4CCN(c5ccc(Br)cc5)CC4)c4cccnc34)C2)CC1.CC. The average molecular weight is 647 g/mol. The topological polar surface area (TPSA) is 35.1 Å². The van der Waals surface area contributed by atoms with E-state index in [0.29, 0.717) is 12.8 Å². The third-order valence-corrected chi connectivity index (χ3v) is 9.47. The predicted octanol–water partition coefficient (Wildman–Crippen LogP) is 7.48. The minimum absolute atomic E-state index is 0.560. The van der Waals surface area contributed by atoms with Crippen LogP contribution in [-0.4, -0.2) is 78.3 Å². The molecule has 0 saturated carbocycles. The molecule has 43 heavy (non-hydrogen) atoms. The zero-order valence-electron chi connectivity index (χ0n) is 26.4. The van der Waals surface area contributed by atoms with Crippen LogP contribution in [0.5, 0.6) is 5.75 Å². The Balaban J connectivity index is 0.00000180. The van der Waals surface area contributed by atoms with E-state index < -0.39 is 0 Å². The van der Waals surface area contributed by atoms with Crippen LogP contribution in [0.3, 0.4) is 0 Å². The molecule has 0 unspecified atom stereocenters. The number of piperazine rings is 1. The third kappa shape index (κ3) is 7.69. The summed E-state index contributed by atoms with van der Waals surface area (Å²) >= 11 is 3.56. The summed E-state index contributed by atoms with van der Waals surface area (Å²) in [6, 6.07) is 15.9. The van der Waals surface area contributed by atoms with Crippen molar-refractivity contribution in [3.63, 3.8) is 0 Å². The van der Waals surface area contributed by atoms with Crippen LogP contribution >= 0.6 is 15.9 Å². The molecule has 2 saturated heterocycles. The van der Waals surface area contributed by atoms with Crippen LogP contribution in [0.15, 0.2) is 76.9 Å². The lowest BCUT2D eigenvalue weighted by molar-refractivity contribution is 0.0278.